The van der Waals surface area contributed by atoms with E-state index in [1.54, 1.807) is 11.0 Å². The minimum atomic E-state index is -0.676. The van der Waals surface area contributed by atoms with Gasteiger partial charge in [0, 0.05) is 37.8 Å². The van der Waals surface area contributed by atoms with Crippen molar-refractivity contribution in [3.05, 3.63) is 77.9 Å². The number of aliphatic imine (C=N–C) groups is 1. The summed E-state index contributed by atoms with van der Waals surface area (Å²) in [5, 5.41) is 0. The van der Waals surface area contributed by atoms with Crippen LogP contribution in [0.4, 0.5) is 0 Å². The lowest BCUT2D eigenvalue weighted by Gasteiger charge is -2.34. The van der Waals surface area contributed by atoms with Gasteiger partial charge in [0.15, 0.2) is 0 Å². The normalized spacial score (nSPS) is 19.6. The van der Waals surface area contributed by atoms with Crippen LogP contribution in [0.5, 0.6) is 0 Å². The Bertz CT molecular complexity index is 901. The van der Waals surface area contributed by atoms with Gasteiger partial charge in [-0.05, 0) is 11.6 Å². The molecule has 2 amide bonds. The molecule has 1 atom stereocenters. The second kappa shape index (κ2) is 8.08. The lowest BCUT2D eigenvalue weighted by atomic mass is 10.1. The highest BCUT2D eigenvalue weighted by Gasteiger charge is 2.34. The first-order valence-electron chi connectivity index (χ1n) is 9.32. The lowest BCUT2D eigenvalue weighted by molar-refractivity contribution is -0.127. The zero-order chi connectivity index (χ0) is 19.3. The smallest absolute Gasteiger partial charge is 0.296 e. The van der Waals surface area contributed by atoms with E-state index in [9.17, 15) is 9.59 Å². The van der Waals surface area contributed by atoms with Gasteiger partial charge in [-0.2, -0.15) is 4.99 Å². The van der Waals surface area contributed by atoms with E-state index < -0.39 is 6.10 Å². The Balaban J connectivity index is 1.32. The quantitative estimate of drug-likeness (QED) is 0.774. The SMILES string of the molecule is O=C1N=C(N2CCN(C(=O)/C=C/c3ccccc3)CC2)OC1c1ccccc1. The number of amides is 2. The fraction of sp³-hybridized carbons (Fsp3) is 0.227. The number of amidine groups is 1. The number of benzene rings is 2. The minimum Gasteiger partial charge on any atom is -0.446 e. The molecule has 6 heteroatoms. The molecule has 2 aliphatic rings. The first kappa shape index (κ1) is 18.0. The van der Waals surface area contributed by atoms with Gasteiger partial charge >= 0.3 is 0 Å². The van der Waals surface area contributed by atoms with E-state index in [0.29, 0.717) is 32.2 Å². The molecule has 0 saturated carbocycles. The van der Waals surface area contributed by atoms with Gasteiger partial charge in [0.05, 0.1) is 0 Å². The van der Waals surface area contributed by atoms with Crippen molar-refractivity contribution in [1.29, 1.82) is 0 Å². The number of rotatable bonds is 3. The van der Waals surface area contributed by atoms with Crippen molar-refractivity contribution < 1.29 is 14.3 Å². The number of ether oxygens (including phenoxy) is 1. The van der Waals surface area contributed by atoms with Gasteiger partial charge < -0.3 is 14.5 Å². The average molecular weight is 375 g/mol. The molecule has 2 aromatic carbocycles. The van der Waals surface area contributed by atoms with E-state index in [1.807, 2.05) is 71.6 Å². The van der Waals surface area contributed by atoms with Crippen LogP contribution in [0, 0.1) is 0 Å². The van der Waals surface area contributed by atoms with Gasteiger partial charge in [0.1, 0.15) is 0 Å². The Labute approximate surface area is 163 Å². The van der Waals surface area contributed by atoms with Crippen LogP contribution in [0.3, 0.4) is 0 Å². The third-order valence-corrected chi connectivity index (χ3v) is 4.84. The van der Waals surface area contributed by atoms with Crippen LogP contribution in [0.2, 0.25) is 0 Å². The number of piperazine rings is 1. The Morgan fingerprint density at radius 1 is 0.964 bits per heavy atom. The largest absolute Gasteiger partial charge is 0.446 e. The van der Waals surface area contributed by atoms with Crippen molar-refractivity contribution in [2.24, 2.45) is 4.99 Å². The van der Waals surface area contributed by atoms with Gasteiger partial charge in [-0.25, -0.2) is 0 Å². The predicted octanol–water partition coefficient (Wildman–Crippen LogP) is 2.50. The highest BCUT2D eigenvalue weighted by atomic mass is 16.5. The van der Waals surface area contributed by atoms with Crippen LogP contribution in [-0.2, 0) is 14.3 Å². The molecule has 142 valence electrons. The summed E-state index contributed by atoms with van der Waals surface area (Å²) in [5.41, 5.74) is 1.79. The summed E-state index contributed by atoms with van der Waals surface area (Å²) in [6, 6.07) is 19.4. The molecular weight excluding hydrogens is 354 g/mol. The lowest BCUT2D eigenvalue weighted by Crippen LogP contribution is -2.50. The summed E-state index contributed by atoms with van der Waals surface area (Å²) in [7, 11) is 0. The van der Waals surface area contributed by atoms with Crippen LogP contribution in [-0.4, -0.2) is 53.8 Å². The third kappa shape index (κ3) is 3.96. The van der Waals surface area contributed by atoms with E-state index in [2.05, 4.69) is 4.99 Å². The van der Waals surface area contributed by atoms with E-state index in [1.165, 1.54) is 0 Å². The van der Waals surface area contributed by atoms with Gasteiger partial charge in [0.2, 0.25) is 12.0 Å². The van der Waals surface area contributed by atoms with Crippen molar-refractivity contribution in [2.45, 2.75) is 6.10 Å². The maximum Gasteiger partial charge on any atom is 0.296 e. The van der Waals surface area contributed by atoms with Crippen molar-refractivity contribution in [3.63, 3.8) is 0 Å². The molecule has 0 spiro atoms. The Morgan fingerprint density at radius 3 is 2.29 bits per heavy atom. The molecule has 0 bridgehead atoms. The molecule has 1 unspecified atom stereocenters. The molecule has 0 aromatic heterocycles. The fourth-order valence-electron chi connectivity index (χ4n) is 3.27. The average Bonchev–Trinajstić information content (AvgIpc) is 3.15. The molecule has 0 aliphatic carbocycles. The maximum absolute atomic E-state index is 12.4. The van der Waals surface area contributed by atoms with Gasteiger partial charge in [-0.1, -0.05) is 60.7 Å². The van der Waals surface area contributed by atoms with Crippen LogP contribution in [0.25, 0.3) is 6.08 Å². The van der Waals surface area contributed by atoms with Crippen LogP contribution in [0.15, 0.2) is 71.7 Å². The number of hydrogen-bond donors (Lipinski definition) is 0. The van der Waals surface area contributed by atoms with E-state index >= 15 is 0 Å². The summed E-state index contributed by atoms with van der Waals surface area (Å²) in [6.45, 7) is 2.28. The molecule has 6 nitrogen and oxygen atoms in total. The van der Waals surface area contributed by atoms with E-state index in [4.69, 9.17) is 4.74 Å². The molecule has 2 heterocycles. The van der Waals surface area contributed by atoms with E-state index in [-0.39, 0.29) is 11.8 Å². The van der Waals surface area contributed by atoms with Crippen molar-refractivity contribution in [1.82, 2.24) is 9.80 Å². The van der Waals surface area contributed by atoms with Gasteiger partial charge in [-0.3, -0.25) is 9.59 Å². The number of carbonyl (C=O) groups is 2. The third-order valence-electron chi connectivity index (χ3n) is 4.84. The second-order valence-electron chi connectivity index (χ2n) is 6.70. The molecule has 0 radical (unpaired) electrons. The summed E-state index contributed by atoms with van der Waals surface area (Å²) >= 11 is 0. The molecule has 2 aliphatic heterocycles. The topological polar surface area (TPSA) is 62.2 Å². The molecule has 28 heavy (non-hydrogen) atoms. The highest BCUT2D eigenvalue weighted by molar-refractivity contribution is 5.99. The Kier molecular flexibility index (Phi) is 5.19. The molecule has 1 fully saturated rings. The standard InChI is InChI=1S/C22H21N3O3/c26-19(12-11-17-7-3-1-4-8-17)24-13-15-25(16-14-24)22-23-21(27)20(28-22)18-9-5-2-6-10-18/h1-12,20H,13-16H2/b12-11+. The van der Waals surface area contributed by atoms with Crippen LogP contribution < -0.4 is 0 Å². The fourth-order valence-corrected chi connectivity index (χ4v) is 3.27. The summed E-state index contributed by atoms with van der Waals surface area (Å²) in [6.07, 6.45) is 2.75. The van der Waals surface area contributed by atoms with Crippen LogP contribution >= 0.6 is 0 Å². The van der Waals surface area contributed by atoms with E-state index in [0.717, 1.165) is 11.1 Å². The molecular formula is C22H21N3O3. The summed E-state index contributed by atoms with van der Waals surface area (Å²) in [4.78, 5) is 32.4. The predicted molar refractivity (Wildman–Crippen MR) is 106 cm³/mol. The minimum absolute atomic E-state index is 0.0176. The first-order chi connectivity index (χ1) is 13.7. The van der Waals surface area contributed by atoms with Crippen LogP contribution in [0.1, 0.15) is 17.2 Å². The number of nitrogens with zero attached hydrogens (tertiary/aromatic N) is 3. The number of carbonyl (C=O) groups excluding carboxylic acids is 2. The molecule has 2 aromatic rings. The van der Waals surface area contributed by atoms with Crippen molar-refractivity contribution in [3.8, 4) is 0 Å². The number of hydrogen-bond acceptors (Lipinski definition) is 4. The monoisotopic (exact) mass is 375 g/mol. The zero-order valence-corrected chi connectivity index (χ0v) is 15.4. The van der Waals surface area contributed by atoms with Gasteiger partial charge in [-0.15, -0.1) is 0 Å². The highest BCUT2D eigenvalue weighted by Crippen LogP contribution is 2.25. The maximum atomic E-state index is 12.4. The molecule has 1 saturated heterocycles. The molecule has 4 rings (SSSR count). The first-order valence-corrected chi connectivity index (χ1v) is 9.32. The summed E-state index contributed by atoms with van der Waals surface area (Å²) in [5.74, 6) is -0.304. The van der Waals surface area contributed by atoms with Crippen molar-refractivity contribution >= 4 is 23.9 Å². The Hall–Kier alpha value is -3.41. The Morgan fingerprint density at radius 2 is 1.61 bits per heavy atom. The molecule has 0 N–H and O–H groups in total. The zero-order valence-electron chi connectivity index (χ0n) is 15.4. The second-order valence-corrected chi connectivity index (χ2v) is 6.70. The summed E-state index contributed by atoms with van der Waals surface area (Å²) < 4.78 is 5.81. The van der Waals surface area contributed by atoms with Crippen molar-refractivity contribution in [2.75, 3.05) is 26.2 Å². The van der Waals surface area contributed by atoms with Gasteiger partial charge in [0.25, 0.3) is 11.9 Å².